The number of carboxylic acid groups (broad SMARTS) is 1. The Bertz CT molecular complexity index is 636. The van der Waals surface area contributed by atoms with Crippen LogP contribution in [0.15, 0.2) is 23.1 Å². The van der Waals surface area contributed by atoms with Gasteiger partial charge < -0.3 is 15.3 Å². The van der Waals surface area contributed by atoms with Crippen LogP contribution >= 0.6 is 0 Å². The first-order chi connectivity index (χ1) is 9.23. The predicted octanol–water partition coefficient (Wildman–Crippen LogP) is -0.750. The van der Waals surface area contributed by atoms with Gasteiger partial charge in [-0.05, 0) is 18.2 Å². The first kappa shape index (κ1) is 14.9. The van der Waals surface area contributed by atoms with Crippen LogP contribution in [-0.4, -0.2) is 59.3 Å². The summed E-state index contributed by atoms with van der Waals surface area (Å²) in [7, 11) is -4.31. The summed E-state index contributed by atoms with van der Waals surface area (Å²) in [5.74, 6) is -2.40. The maximum absolute atomic E-state index is 13.2. The van der Waals surface area contributed by atoms with Crippen LogP contribution in [0.3, 0.4) is 0 Å². The van der Waals surface area contributed by atoms with Crippen molar-refractivity contribution in [2.75, 3.05) is 13.1 Å². The molecule has 0 aliphatic carbocycles. The molecule has 1 fully saturated rings. The molecule has 110 valence electrons. The molecular weight excluding hydrogens is 293 g/mol. The molecule has 7 nitrogen and oxygen atoms in total. The van der Waals surface area contributed by atoms with Crippen LogP contribution in [0.2, 0.25) is 0 Å². The van der Waals surface area contributed by atoms with E-state index in [0.29, 0.717) is 6.07 Å². The van der Waals surface area contributed by atoms with Gasteiger partial charge in [-0.25, -0.2) is 17.6 Å². The smallest absolute Gasteiger partial charge is 0.337 e. The molecule has 1 aliphatic heterocycles. The van der Waals surface area contributed by atoms with Crippen LogP contribution in [0.25, 0.3) is 0 Å². The van der Waals surface area contributed by atoms with Crippen LogP contribution in [0.1, 0.15) is 10.4 Å². The zero-order chi connectivity index (χ0) is 15.1. The number of hydrogen-bond donors (Lipinski definition) is 3. The van der Waals surface area contributed by atoms with E-state index in [0.717, 1.165) is 16.4 Å². The molecule has 1 aromatic carbocycles. The van der Waals surface area contributed by atoms with Gasteiger partial charge in [0.25, 0.3) is 0 Å². The zero-order valence-electron chi connectivity index (χ0n) is 10.1. The fourth-order valence-corrected chi connectivity index (χ4v) is 3.63. The predicted molar refractivity (Wildman–Crippen MR) is 64.1 cm³/mol. The van der Waals surface area contributed by atoms with E-state index in [1.165, 1.54) is 0 Å². The molecule has 1 aromatic rings. The molecule has 0 bridgehead atoms. The molecule has 1 saturated heterocycles. The van der Waals surface area contributed by atoms with E-state index >= 15 is 0 Å². The molecule has 0 unspecified atom stereocenters. The normalized spacial score (nSPS) is 23.9. The monoisotopic (exact) mass is 305 g/mol. The van der Waals surface area contributed by atoms with E-state index in [4.69, 9.17) is 5.11 Å². The van der Waals surface area contributed by atoms with Gasteiger partial charge in [-0.3, -0.25) is 0 Å². The summed E-state index contributed by atoms with van der Waals surface area (Å²) in [6.07, 6.45) is -2.52. The van der Waals surface area contributed by atoms with Crippen LogP contribution in [0.5, 0.6) is 0 Å². The summed E-state index contributed by atoms with van der Waals surface area (Å²) < 4.78 is 38.5. The summed E-state index contributed by atoms with van der Waals surface area (Å²) >= 11 is 0. The number of hydrogen-bond acceptors (Lipinski definition) is 5. The molecule has 3 N–H and O–H groups in total. The highest BCUT2D eigenvalue weighted by atomic mass is 32.2. The third-order valence-corrected chi connectivity index (χ3v) is 4.89. The number of nitrogens with zero attached hydrogens (tertiary/aromatic N) is 1. The Labute approximate surface area is 113 Å². The van der Waals surface area contributed by atoms with Crippen molar-refractivity contribution in [2.24, 2.45) is 0 Å². The second-order valence-electron chi connectivity index (χ2n) is 4.40. The topological polar surface area (TPSA) is 115 Å². The lowest BCUT2D eigenvalue weighted by atomic mass is 10.2. The largest absolute Gasteiger partial charge is 0.478 e. The average Bonchev–Trinajstić information content (AvgIpc) is 2.70. The van der Waals surface area contributed by atoms with E-state index in [2.05, 4.69) is 0 Å². The van der Waals surface area contributed by atoms with Crippen LogP contribution in [0, 0.1) is 5.82 Å². The number of benzene rings is 1. The van der Waals surface area contributed by atoms with Crippen LogP contribution in [-0.2, 0) is 10.0 Å². The summed E-state index contributed by atoms with van der Waals surface area (Å²) in [5, 5.41) is 27.7. The SMILES string of the molecule is O=C(O)c1ccc(F)cc1S(=O)(=O)N1C[C@@H](O)[C@@H](O)C1. The number of carboxylic acids is 1. The first-order valence-electron chi connectivity index (χ1n) is 5.62. The minimum absolute atomic E-state index is 0.376. The maximum Gasteiger partial charge on any atom is 0.337 e. The standard InChI is InChI=1S/C11H12FNO6S/c12-6-1-2-7(11(16)17)10(3-6)20(18,19)13-4-8(14)9(15)5-13/h1-3,8-9,14-15H,4-5H2,(H,16,17)/t8-,9+. The van der Waals surface area contributed by atoms with E-state index < -0.39 is 44.5 Å². The van der Waals surface area contributed by atoms with Crippen LogP contribution in [0.4, 0.5) is 4.39 Å². The number of β-amino-alcohol motifs (C(OH)–C–C–N with tert-alkyl or cyclic N) is 2. The number of aromatic carboxylic acids is 1. The van der Waals surface area contributed by atoms with Gasteiger partial charge in [0, 0.05) is 13.1 Å². The molecule has 0 radical (unpaired) electrons. The molecule has 1 aliphatic rings. The second-order valence-corrected chi connectivity index (χ2v) is 6.31. The average molecular weight is 305 g/mol. The van der Waals surface area contributed by atoms with Crippen molar-refractivity contribution in [1.82, 2.24) is 4.31 Å². The Kier molecular flexibility index (Phi) is 3.78. The quantitative estimate of drug-likeness (QED) is 0.677. The van der Waals surface area contributed by atoms with Gasteiger partial charge in [0.05, 0.1) is 22.7 Å². The van der Waals surface area contributed by atoms with Gasteiger partial charge in [0.15, 0.2) is 0 Å². The summed E-state index contributed by atoms with van der Waals surface area (Å²) in [6, 6.07) is 2.31. The minimum atomic E-state index is -4.31. The lowest BCUT2D eigenvalue weighted by molar-refractivity contribution is 0.0572. The first-order valence-corrected chi connectivity index (χ1v) is 7.06. The molecule has 1 heterocycles. The highest BCUT2D eigenvalue weighted by Crippen LogP contribution is 2.25. The van der Waals surface area contributed by atoms with Crippen LogP contribution < -0.4 is 0 Å². The fraction of sp³-hybridized carbons (Fsp3) is 0.364. The van der Waals surface area contributed by atoms with Crippen molar-refractivity contribution in [1.29, 1.82) is 0 Å². The highest BCUT2D eigenvalue weighted by molar-refractivity contribution is 7.89. The second kappa shape index (κ2) is 5.09. The molecular formula is C11H12FNO6S. The molecule has 9 heteroatoms. The van der Waals surface area contributed by atoms with E-state index in [-0.39, 0.29) is 13.1 Å². The van der Waals surface area contributed by atoms with Crippen molar-refractivity contribution in [3.8, 4) is 0 Å². The van der Waals surface area contributed by atoms with Gasteiger partial charge in [-0.2, -0.15) is 4.31 Å². The number of aliphatic hydroxyl groups excluding tert-OH is 2. The molecule has 2 atom stereocenters. The molecule has 0 saturated carbocycles. The third-order valence-electron chi connectivity index (χ3n) is 3.02. The Morgan fingerprint density at radius 1 is 1.25 bits per heavy atom. The Balaban J connectivity index is 2.50. The van der Waals surface area contributed by atoms with E-state index in [1.807, 2.05) is 0 Å². The van der Waals surface area contributed by atoms with E-state index in [9.17, 15) is 27.8 Å². The van der Waals surface area contributed by atoms with E-state index in [1.54, 1.807) is 0 Å². The fourth-order valence-electron chi connectivity index (χ4n) is 1.96. The Morgan fingerprint density at radius 3 is 2.30 bits per heavy atom. The van der Waals surface area contributed by atoms with Crippen molar-refractivity contribution in [3.63, 3.8) is 0 Å². The number of halogens is 1. The number of sulfonamides is 1. The summed E-state index contributed by atoms with van der Waals surface area (Å²) in [5.41, 5.74) is -0.567. The molecule has 20 heavy (non-hydrogen) atoms. The van der Waals surface area contributed by atoms with Gasteiger partial charge in [-0.1, -0.05) is 0 Å². The Hall–Kier alpha value is -1.55. The van der Waals surface area contributed by atoms with Crippen molar-refractivity contribution >= 4 is 16.0 Å². The minimum Gasteiger partial charge on any atom is -0.478 e. The number of aliphatic hydroxyl groups is 2. The number of carbonyl (C=O) groups is 1. The number of rotatable bonds is 3. The van der Waals surface area contributed by atoms with Crippen molar-refractivity contribution in [2.45, 2.75) is 17.1 Å². The molecule has 2 rings (SSSR count). The van der Waals surface area contributed by atoms with Gasteiger partial charge in [0.2, 0.25) is 10.0 Å². The third kappa shape index (κ3) is 2.52. The van der Waals surface area contributed by atoms with Crippen molar-refractivity contribution < 1.29 is 32.9 Å². The molecule has 0 amide bonds. The molecule has 0 aromatic heterocycles. The Morgan fingerprint density at radius 2 is 1.80 bits per heavy atom. The lowest BCUT2D eigenvalue weighted by Gasteiger charge is -2.17. The summed E-state index contributed by atoms with van der Waals surface area (Å²) in [4.78, 5) is 10.3. The summed E-state index contributed by atoms with van der Waals surface area (Å²) in [6.45, 7) is -0.752. The van der Waals surface area contributed by atoms with Gasteiger partial charge >= 0.3 is 5.97 Å². The zero-order valence-corrected chi connectivity index (χ0v) is 10.9. The van der Waals surface area contributed by atoms with Gasteiger partial charge in [0.1, 0.15) is 5.82 Å². The lowest BCUT2D eigenvalue weighted by Crippen LogP contribution is -2.31. The maximum atomic E-state index is 13.2. The van der Waals surface area contributed by atoms with Crippen molar-refractivity contribution in [3.05, 3.63) is 29.6 Å². The molecule has 0 spiro atoms. The van der Waals surface area contributed by atoms with Gasteiger partial charge in [-0.15, -0.1) is 0 Å². The highest BCUT2D eigenvalue weighted by Gasteiger charge is 2.39.